The maximum atomic E-state index is 12.8. The molecule has 0 saturated carbocycles. The van der Waals surface area contributed by atoms with Crippen LogP contribution in [0.15, 0.2) is 71.9 Å². The molecule has 0 bridgehead atoms. The van der Waals surface area contributed by atoms with E-state index in [-0.39, 0.29) is 29.5 Å². The number of carbonyl (C=O) groups excluding carboxylic acids is 2. The molecule has 0 aliphatic rings. The third-order valence-electron chi connectivity index (χ3n) is 5.89. The minimum absolute atomic E-state index is 0.0146. The molecule has 0 spiro atoms. The van der Waals surface area contributed by atoms with Crippen molar-refractivity contribution in [3.63, 3.8) is 0 Å². The van der Waals surface area contributed by atoms with Crippen LogP contribution in [-0.4, -0.2) is 51.0 Å². The molecule has 13 heteroatoms. The molecule has 1 aromatic heterocycles. The molecule has 2 amide bonds. The Labute approximate surface area is 240 Å². The van der Waals surface area contributed by atoms with Crippen molar-refractivity contribution >= 4 is 35.0 Å². The maximum absolute atomic E-state index is 12.8. The number of anilines is 1. The van der Waals surface area contributed by atoms with Crippen LogP contribution in [0.1, 0.15) is 28.7 Å². The summed E-state index contributed by atoms with van der Waals surface area (Å²) in [6.07, 6.45) is 0. The summed E-state index contributed by atoms with van der Waals surface area (Å²) in [4.78, 5) is 36.2. The summed E-state index contributed by atoms with van der Waals surface area (Å²) in [6, 6.07) is 18.5. The Morgan fingerprint density at radius 2 is 1.73 bits per heavy atom. The van der Waals surface area contributed by atoms with Gasteiger partial charge in [0.25, 0.3) is 11.6 Å². The zero-order valence-electron chi connectivity index (χ0n) is 22.6. The van der Waals surface area contributed by atoms with Crippen LogP contribution in [0.2, 0.25) is 0 Å². The molecule has 0 fully saturated rings. The van der Waals surface area contributed by atoms with Gasteiger partial charge in [-0.2, -0.15) is 0 Å². The number of amides is 2. The van der Waals surface area contributed by atoms with Gasteiger partial charge in [0, 0.05) is 28.6 Å². The molecule has 4 rings (SSSR count). The predicted octanol–water partition coefficient (Wildman–Crippen LogP) is 4.55. The number of nitro groups is 1. The van der Waals surface area contributed by atoms with E-state index in [2.05, 4.69) is 20.8 Å². The number of benzene rings is 3. The number of thioether (sulfide) groups is 1. The highest BCUT2D eigenvalue weighted by atomic mass is 32.2. The maximum Gasteiger partial charge on any atom is 0.273 e. The fraction of sp³-hybridized carbons (Fsp3) is 0.214. The molecule has 41 heavy (non-hydrogen) atoms. The Morgan fingerprint density at radius 3 is 2.39 bits per heavy atom. The topological polar surface area (TPSA) is 151 Å². The van der Waals surface area contributed by atoms with Crippen LogP contribution in [0.3, 0.4) is 0 Å². The molecular formula is C28H28N6O6S. The highest BCUT2D eigenvalue weighted by molar-refractivity contribution is 7.99. The molecule has 0 atom stereocenters. The number of hydrogen-bond donors (Lipinski definition) is 2. The third-order valence-corrected chi connectivity index (χ3v) is 6.82. The Bertz CT molecular complexity index is 1540. The lowest BCUT2D eigenvalue weighted by atomic mass is 10.1. The summed E-state index contributed by atoms with van der Waals surface area (Å²) in [5.41, 5.74) is 1.80. The molecule has 4 aromatic rings. The number of aromatic nitrogens is 3. The molecule has 1 heterocycles. The zero-order chi connectivity index (χ0) is 29.4. The second-order valence-corrected chi connectivity index (χ2v) is 9.61. The lowest BCUT2D eigenvalue weighted by molar-refractivity contribution is -0.385. The van der Waals surface area contributed by atoms with Gasteiger partial charge in [0.1, 0.15) is 11.5 Å². The van der Waals surface area contributed by atoms with Crippen molar-refractivity contribution in [3.8, 4) is 17.2 Å². The van der Waals surface area contributed by atoms with E-state index >= 15 is 0 Å². The number of aryl methyl sites for hydroxylation is 1. The molecule has 0 radical (unpaired) electrons. The monoisotopic (exact) mass is 576 g/mol. The largest absolute Gasteiger partial charge is 0.497 e. The number of nitrogens with zero attached hydrogens (tertiary/aromatic N) is 4. The molecule has 2 N–H and O–H groups in total. The van der Waals surface area contributed by atoms with Crippen molar-refractivity contribution in [3.05, 3.63) is 93.8 Å². The third kappa shape index (κ3) is 7.39. The van der Waals surface area contributed by atoms with Gasteiger partial charge in [-0.25, -0.2) is 0 Å². The average molecular weight is 577 g/mol. The summed E-state index contributed by atoms with van der Waals surface area (Å²) in [5.74, 6) is 1.09. The van der Waals surface area contributed by atoms with Crippen molar-refractivity contribution in [2.45, 2.75) is 25.5 Å². The fourth-order valence-electron chi connectivity index (χ4n) is 3.84. The molecular weight excluding hydrogens is 548 g/mol. The number of ether oxygens (including phenoxy) is 2. The summed E-state index contributed by atoms with van der Waals surface area (Å²) < 4.78 is 12.4. The van der Waals surface area contributed by atoms with Gasteiger partial charge in [0.15, 0.2) is 11.0 Å². The smallest absolute Gasteiger partial charge is 0.273 e. The lowest BCUT2D eigenvalue weighted by Crippen LogP contribution is -2.25. The van der Waals surface area contributed by atoms with Gasteiger partial charge in [-0.05, 0) is 68.4 Å². The van der Waals surface area contributed by atoms with Gasteiger partial charge in [-0.15, -0.1) is 10.2 Å². The molecule has 12 nitrogen and oxygen atoms in total. The van der Waals surface area contributed by atoms with E-state index in [4.69, 9.17) is 9.47 Å². The predicted molar refractivity (Wildman–Crippen MR) is 154 cm³/mol. The quantitative estimate of drug-likeness (QED) is 0.141. The lowest BCUT2D eigenvalue weighted by Gasteiger charge is -2.12. The van der Waals surface area contributed by atoms with Gasteiger partial charge >= 0.3 is 0 Å². The van der Waals surface area contributed by atoms with E-state index in [1.165, 1.54) is 30.0 Å². The molecule has 212 valence electrons. The van der Waals surface area contributed by atoms with Crippen molar-refractivity contribution < 1.29 is 24.0 Å². The first-order valence-electron chi connectivity index (χ1n) is 12.6. The number of hydrogen-bond acceptors (Lipinski definition) is 9. The highest BCUT2D eigenvalue weighted by Gasteiger charge is 2.19. The summed E-state index contributed by atoms with van der Waals surface area (Å²) >= 11 is 1.18. The van der Waals surface area contributed by atoms with E-state index in [0.717, 1.165) is 0 Å². The highest BCUT2D eigenvalue weighted by Crippen LogP contribution is 2.25. The Balaban J connectivity index is 1.52. The first-order chi connectivity index (χ1) is 19.8. The molecule has 0 aliphatic heterocycles. The van der Waals surface area contributed by atoms with Crippen molar-refractivity contribution in [2.75, 3.05) is 24.8 Å². The van der Waals surface area contributed by atoms with Crippen LogP contribution in [0, 0.1) is 17.0 Å². The normalized spacial score (nSPS) is 10.6. The summed E-state index contributed by atoms with van der Waals surface area (Å²) in [5, 5.41) is 25.8. The van der Waals surface area contributed by atoms with E-state index in [0.29, 0.717) is 46.0 Å². The van der Waals surface area contributed by atoms with Gasteiger partial charge in [0.2, 0.25) is 5.91 Å². The van der Waals surface area contributed by atoms with Gasteiger partial charge in [0.05, 0.1) is 30.9 Å². The van der Waals surface area contributed by atoms with Crippen LogP contribution in [0.25, 0.3) is 5.69 Å². The van der Waals surface area contributed by atoms with E-state index in [1.807, 2.05) is 19.1 Å². The van der Waals surface area contributed by atoms with Crippen LogP contribution in [0.5, 0.6) is 11.5 Å². The molecule has 0 aliphatic carbocycles. The van der Waals surface area contributed by atoms with Crippen molar-refractivity contribution in [1.29, 1.82) is 0 Å². The van der Waals surface area contributed by atoms with Gasteiger partial charge in [-0.3, -0.25) is 24.3 Å². The first-order valence-corrected chi connectivity index (χ1v) is 13.5. The van der Waals surface area contributed by atoms with Crippen LogP contribution < -0.4 is 20.1 Å². The van der Waals surface area contributed by atoms with Crippen molar-refractivity contribution in [2.24, 2.45) is 0 Å². The molecule has 0 unspecified atom stereocenters. The Morgan fingerprint density at radius 1 is 1.02 bits per heavy atom. The Hall–Kier alpha value is -4.91. The number of nitro benzene ring substituents is 1. The van der Waals surface area contributed by atoms with E-state index in [9.17, 15) is 19.7 Å². The van der Waals surface area contributed by atoms with Crippen LogP contribution in [-0.2, 0) is 11.3 Å². The minimum Gasteiger partial charge on any atom is -0.497 e. The van der Waals surface area contributed by atoms with Crippen LogP contribution in [0.4, 0.5) is 11.4 Å². The first kappa shape index (κ1) is 29.1. The van der Waals surface area contributed by atoms with Gasteiger partial charge in [-0.1, -0.05) is 17.8 Å². The standard InChI is InChI=1S/C28H28N6O6S/c1-4-40-23-13-9-21(10-14-23)33-25(16-29-27(36)19-6-5-18(2)24(15-19)34(37)38)31-32-28(33)41-17-26(35)30-20-7-11-22(39-3)12-8-20/h5-15H,4,16-17H2,1-3H3,(H,29,36)(H,30,35). The number of carbonyl (C=O) groups is 2. The molecule has 3 aromatic carbocycles. The Kier molecular flexibility index (Phi) is 9.53. The second kappa shape index (κ2) is 13.4. The second-order valence-electron chi connectivity index (χ2n) is 8.67. The molecule has 0 saturated heterocycles. The van der Waals surface area contributed by atoms with Gasteiger partial charge < -0.3 is 20.1 Å². The zero-order valence-corrected chi connectivity index (χ0v) is 23.4. The van der Waals surface area contributed by atoms with E-state index in [1.54, 1.807) is 55.0 Å². The number of methoxy groups -OCH3 is 1. The SMILES string of the molecule is CCOc1ccc(-n2c(CNC(=O)c3ccc(C)c([N+](=O)[O-])c3)nnc2SCC(=O)Nc2ccc(OC)cc2)cc1. The van der Waals surface area contributed by atoms with E-state index < -0.39 is 10.8 Å². The average Bonchev–Trinajstić information content (AvgIpc) is 3.38. The minimum atomic E-state index is -0.525. The van der Waals surface area contributed by atoms with Crippen molar-refractivity contribution in [1.82, 2.24) is 20.1 Å². The van der Waals surface area contributed by atoms with Crippen LogP contribution >= 0.6 is 11.8 Å². The summed E-state index contributed by atoms with van der Waals surface area (Å²) in [6.45, 7) is 4.00. The fourth-order valence-corrected chi connectivity index (χ4v) is 4.61. The number of nitrogens with one attached hydrogen (secondary N) is 2. The number of rotatable bonds is 12. The summed E-state index contributed by atoms with van der Waals surface area (Å²) in [7, 11) is 1.57.